The standard InChI is InChI=1S/C18H25NO3/c1-15(2)8-7-9-16(3)12-13-22-18(14-19(20)21)17-10-5-4-6-11-17/h4-6,8,10-12,18H,7,9,13-14H2,1-3H3/b16-12+. The summed E-state index contributed by atoms with van der Waals surface area (Å²) in [5, 5.41) is 10.8. The lowest BCUT2D eigenvalue weighted by Crippen LogP contribution is -2.16. The molecule has 1 unspecified atom stereocenters. The number of ether oxygens (including phenoxy) is 1. The van der Waals surface area contributed by atoms with Gasteiger partial charge in [-0.3, -0.25) is 10.1 Å². The number of nitro groups is 1. The molecule has 0 radical (unpaired) electrons. The van der Waals surface area contributed by atoms with E-state index in [2.05, 4.69) is 26.8 Å². The summed E-state index contributed by atoms with van der Waals surface area (Å²) in [6.07, 6.45) is 5.71. The SMILES string of the molecule is CC(C)=CCC/C(C)=C/COC(C[N+](=O)[O-])c1ccccc1. The molecule has 0 aliphatic carbocycles. The Bertz CT molecular complexity index is 516. The number of rotatable bonds is 9. The van der Waals surface area contributed by atoms with Crippen LogP contribution in [0.2, 0.25) is 0 Å². The number of nitrogens with zero attached hydrogens (tertiary/aromatic N) is 1. The summed E-state index contributed by atoms with van der Waals surface area (Å²) in [4.78, 5) is 10.5. The van der Waals surface area contributed by atoms with Gasteiger partial charge in [-0.25, -0.2) is 0 Å². The zero-order valence-corrected chi connectivity index (χ0v) is 13.6. The maximum absolute atomic E-state index is 10.8. The molecule has 4 nitrogen and oxygen atoms in total. The Balaban J connectivity index is 2.53. The van der Waals surface area contributed by atoms with Gasteiger partial charge in [-0.05, 0) is 39.2 Å². The second-order valence-electron chi connectivity index (χ2n) is 5.62. The van der Waals surface area contributed by atoms with Crippen molar-refractivity contribution in [3.05, 3.63) is 69.3 Å². The molecule has 22 heavy (non-hydrogen) atoms. The van der Waals surface area contributed by atoms with Crippen LogP contribution in [0.1, 0.15) is 45.3 Å². The van der Waals surface area contributed by atoms with Gasteiger partial charge in [0.2, 0.25) is 6.54 Å². The molecule has 1 rings (SSSR count). The molecule has 0 fully saturated rings. The Labute approximate surface area is 132 Å². The summed E-state index contributed by atoms with van der Waals surface area (Å²) in [7, 11) is 0. The van der Waals surface area contributed by atoms with E-state index in [0.717, 1.165) is 18.4 Å². The quantitative estimate of drug-likeness (QED) is 0.377. The van der Waals surface area contributed by atoms with Crippen LogP contribution >= 0.6 is 0 Å². The molecule has 0 heterocycles. The molecule has 0 saturated heterocycles. The fourth-order valence-electron chi connectivity index (χ4n) is 2.05. The molecular formula is C18H25NO3. The Hall–Kier alpha value is -1.94. The topological polar surface area (TPSA) is 52.4 Å². The molecule has 1 aromatic rings. The van der Waals surface area contributed by atoms with Crippen LogP contribution in [-0.2, 0) is 4.74 Å². The maximum atomic E-state index is 10.8. The van der Waals surface area contributed by atoms with Crippen LogP contribution in [0, 0.1) is 10.1 Å². The molecule has 4 heteroatoms. The molecule has 0 amide bonds. The van der Waals surface area contributed by atoms with Gasteiger partial charge < -0.3 is 4.74 Å². The Kier molecular flexibility index (Phi) is 8.15. The summed E-state index contributed by atoms with van der Waals surface area (Å²) >= 11 is 0. The van der Waals surface area contributed by atoms with Gasteiger partial charge in [0, 0.05) is 4.92 Å². The van der Waals surface area contributed by atoms with E-state index in [1.807, 2.05) is 36.4 Å². The molecule has 0 aliphatic heterocycles. The minimum absolute atomic E-state index is 0.214. The zero-order chi connectivity index (χ0) is 16.4. The predicted octanol–water partition coefficient (Wildman–Crippen LogP) is 4.71. The van der Waals surface area contributed by atoms with E-state index in [-0.39, 0.29) is 11.5 Å². The van der Waals surface area contributed by atoms with Crippen LogP contribution < -0.4 is 0 Å². The average molecular weight is 303 g/mol. The molecule has 1 atom stereocenters. The van der Waals surface area contributed by atoms with Crippen molar-refractivity contribution in [3.63, 3.8) is 0 Å². The monoisotopic (exact) mass is 303 g/mol. The van der Waals surface area contributed by atoms with Gasteiger partial charge >= 0.3 is 0 Å². The third kappa shape index (κ3) is 7.74. The van der Waals surface area contributed by atoms with Crippen molar-refractivity contribution >= 4 is 0 Å². The van der Waals surface area contributed by atoms with Crippen molar-refractivity contribution in [3.8, 4) is 0 Å². The minimum atomic E-state index is -0.502. The molecule has 0 aromatic heterocycles. The highest BCUT2D eigenvalue weighted by molar-refractivity contribution is 5.17. The first-order valence-corrected chi connectivity index (χ1v) is 7.56. The third-order valence-electron chi connectivity index (χ3n) is 3.31. The summed E-state index contributed by atoms with van der Waals surface area (Å²) in [5.41, 5.74) is 3.40. The van der Waals surface area contributed by atoms with Crippen molar-refractivity contribution in [1.82, 2.24) is 0 Å². The van der Waals surface area contributed by atoms with Crippen molar-refractivity contribution in [1.29, 1.82) is 0 Å². The van der Waals surface area contributed by atoms with Crippen LogP contribution in [0.3, 0.4) is 0 Å². The average Bonchev–Trinajstić information content (AvgIpc) is 2.46. The summed E-state index contributed by atoms with van der Waals surface area (Å²) in [6, 6.07) is 9.34. The van der Waals surface area contributed by atoms with Crippen molar-refractivity contribution in [2.45, 2.75) is 39.7 Å². The summed E-state index contributed by atoms with van der Waals surface area (Å²) in [6.45, 7) is 6.42. The second kappa shape index (κ2) is 9.90. The fraction of sp³-hybridized carbons (Fsp3) is 0.444. The molecule has 120 valence electrons. The molecule has 1 aromatic carbocycles. The molecule has 0 bridgehead atoms. The molecule has 0 saturated carbocycles. The first-order chi connectivity index (χ1) is 10.5. The van der Waals surface area contributed by atoms with E-state index in [1.54, 1.807) is 0 Å². The van der Waals surface area contributed by atoms with Crippen LogP contribution in [-0.4, -0.2) is 18.1 Å². The maximum Gasteiger partial charge on any atom is 0.233 e. The molecular weight excluding hydrogens is 278 g/mol. The van der Waals surface area contributed by atoms with Crippen LogP contribution in [0.15, 0.2) is 53.6 Å². The van der Waals surface area contributed by atoms with E-state index in [4.69, 9.17) is 4.74 Å². The summed E-state index contributed by atoms with van der Waals surface area (Å²) in [5.74, 6) is 0. The summed E-state index contributed by atoms with van der Waals surface area (Å²) < 4.78 is 5.70. The smallest absolute Gasteiger partial charge is 0.233 e. The van der Waals surface area contributed by atoms with Crippen molar-refractivity contribution in [2.75, 3.05) is 13.2 Å². The molecule has 0 N–H and O–H groups in total. The van der Waals surface area contributed by atoms with E-state index in [1.165, 1.54) is 11.1 Å². The number of benzene rings is 1. The molecule has 0 aliphatic rings. The van der Waals surface area contributed by atoms with Gasteiger partial charge in [-0.15, -0.1) is 0 Å². The third-order valence-corrected chi connectivity index (χ3v) is 3.31. The van der Waals surface area contributed by atoms with Crippen molar-refractivity contribution < 1.29 is 9.66 Å². The highest BCUT2D eigenvalue weighted by atomic mass is 16.6. The van der Waals surface area contributed by atoms with E-state index >= 15 is 0 Å². The Morgan fingerprint density at radius 2 is 1.91 bits per heavy atom. The lowest BCUT2D eigenvalue weighted by atomic mass is 10.1. The van der Waals surface area contributed by atoms with Gasteiger partial charge in [-0.1, -0.05) is 53.6 Å². The van der Waals surface area contributed by atoms with Crippen LogP contribution in [0.4, 0.5) is 0 Å². The number of hydrogen-bond acceptors (Lipinski definition) is 3. The lowest BCUT2D eigenvalue weighted by Gasteiger charge is -2.13. The van der Waals surface area contributed by atoms with Gasteiger partial charge in [-0.2, -0.15) is 0 Å². The number of allylic oxidation sites excluding steroid dienone is 3. The Morgan fingerprint density at radius 1 is 1.23 bits per heavy atom. The van der Waals surface area contributed by atoms with Crippen LogP contribution in [0.25, 0.3) is 0 Å². The van der Waals surface area contributed by atoms with Crippen LogP contribution in [0.5, 0.6) is 0 Å². The van der Waals surface area contributed by atoms with E-state index in [9.17, 15) is 10.1 Å². The van der Waals surface area contributed by atoms with E-state index < -0.39 is 6.10 Å². The molecule has 0 spiro atoms. The Morgan fingerprint density at radius 3 is 2.50 bits per heavy atom. The zero-order valence-electron chi connectivity index (χ0n) is 13.6. The van der Waals surface area contributed by atoms with E-state index in [0.29, 0.717) is 6.61 Å². The van der Waals surface area contributed by atoms with Gasteiger partial charge in [0.25, 0.3) is 0 Å². The normalized spacial score (nSPS) is 12.8. The predicted molar refractivity (Wildman–Crippen MR) is 89.4 cm³/mol. The first-order valence-electron chi connectivity index (χ1n) is 7.56. The van der Waals surface area contributed by atoms with Gasteiger partial charge in [0.1, 0.15) is 6.10 Å². The van der Waals surface area contributed by atoms with Crippen molar-refractivity contribution in [2.24, 2.45) is 0 Å². The fourth-order valence-corrected chi connectivity index (χ4v) is 2.05. The van der Waals surface area contributed by atoms with Gasteiger partial charge in [0.15, 0.2) is 0 Å². The minimum Gasteiger partial charge on any atom is -0.363 e. The largest absolute Gasteiger partial charge is 0.363 e. The highest BCUT2D eigenvalue weighted by Crippen LogP contribution is 2.18. The number of hydrogen-bond donors (Lipinski definition) is 0. The highest BCUT2D eigenvalue weighted by Gasteiger charge is 2.17. The first kappa shape index (κ1) is 18.1. The lowest BCUT2D eigenvalue weighted by molar-refractivity contribution is -0.492. The van der Waals surface area contributed by atoms with Gasteiger partial charge in [0.05, 0.1) is 6.61 Å². The second-order valence-corrected chi connectivity index (χ2v) is 5.62.